The molecule has 0 amide bonds. The molecule has 0 atom stereocenters. The summed E-state index contributed by atoms with van der Waals surface area (Å²) in [5, 5.41) is 10.4. The van der Waals surface area contributed by atoms with E-state index in [0.29, 0.717) is 12.3 Å². The molecule has 140 valence electrons. The second-order valence-electron chi connectivity index (χ2n) is 7.39. The Balaban J connectivity index is 1.94. The predicted molar refractivity (Wildman–Crippen MR) is 110 cm³/mol. The largest absolute Gasteiger partial charge is 0.287 e. The highest BCUT2D eigenvalue weighted by atomic mass is 32.2. The summed E-state index contributed by atoms with van der Waals surface area (Å²) in [5.74, 6) is 1.47. The zero-order valence-corrected chi connectivity index (χ0v) is 17.3. The fourth-order valence-electron chi connectivity index (χ4n) is 3.38. The van der Waals surface area contributed by atoms with Crippen molar-refractivity contribution in [1.82, 2.24) is 9.55 Å². The summed E-state index contributed by atoms with van der Waals surface area (Å²) in [7, 11) is 0. The van der Waals surface area contributed by atoms with Crippen LogP contribution in [0.5, 0.6) is 0 Å². The lowest BCUT2D eigenvalue weighted by molar-refractivity contribution is 0.481. The number of unbranched alkanes of at least 4 members (excludes halogenated alkanes) is 2. The van der Waals surface area contributed by atoms with Crippen LogP contribution in [0.15, 0.2) is 9.95 Å². The molecule has 2 heterocycles. The number of hydrogen-bond acceptors (Lipinski definition) is 5. The van der Waals surface area contributed by atoms with Crippen molar-refractivity contribution in [3.63, 3.8) is 0 Å². The summed E-state index contributed by atoms with van der Waals surface area (Å²) in [6, 6.07) is 2.19. The molecule has 0 unspecified atom stereocenters. The molecule has 4 nitrogen and oxygen atoms in total. The molecule has 0 saturated heterocycles. The van der Waals surface area contributed by atoms with Crippen molar-refractivity contribution in [3.05, 3.63) is 20.8 Å². The van der Waals surface area contributed by atoms with Gasteiger partial charge in [0, 0.05) is 23.6 Å². The number of thiophene rings is 1. The van der Waals surface area contributed by atoms with E-state index in [0.717, 1.165) is 59.8 Å². The first-order chi connectivity index (χ1) is 12.6. The lowest BCUT2D eigenvalue weighted by Gasteiger charge is -2.14. The maximum absolute atomic E-state index is 13.3. The van der Waals surface area contributed by atoms with Crippen LogP contribution in [0.25, 0.3) is 10.2 Å². The molecule has 0 radical (unpaired) electrons. The minimum Gasteiger partial charge on any atom is -0.287 e. The number of rotatable bonds is 8. The van der Waals surface area contributed by atoms with Crippen LogP contribution in [0.2, 0.25) is 0 Å². The third-order valence-electron chi connectivity index (χ3n) is 4.88. The first-order valence-electron chi connectivity index (χ1n) is 9.66. The maximum Gasteiger partial charge on any atom is 0.263 e. The molecule has 1 aliphatic rings. The molecule has 0 N–H and O–H groups in total. The quantitative estimate of drug-likeness (QED) is 0.355. The van der Waals surface area contributed by atoms with Crippen LogP contribution in [0, 0.1) is 17.2 Å². The van der Waals surface area contributed by atoms with Gasteiger partial charge in [-0.05, 0) is 56.4 Å². The van der Waals surface area contributed by atoms with E-state index in [2.05, 4.69) is 19.9 Å². The fraction of sp³-hybridized carbons (Fsp3) is 0.650. The molecule has 0 saturated carbocycles. The zero-order valence-electron chi connectivity index (χ0n) is 15.7. The lowest BCUT2D eigenvalue weighted by Crippen LogP contribution is -2.24. The molecule has 0 fully saturated rings. The van der Waals surface area contributed by atoms with Crippen molar-refractivity contribution in [2.24, 2.45) is 5.92 Å². The number of fused-ring (bicyclic) bond motifs is 3. The normalized spacial score (nSPS) is 13.9. The van der Waals surface area contributed by atoms with Crippen LogP contribution in [0.3, 0.4) is 0 Å². The third kappa shape index (κ3) is 4.32. The molecule has 0 aromatic carbocycles. The Hall–Kier alpha value is -1.32. The number of aryl methyl sites for hydroxylation is 2. The highest BCUT2D eigenvalue weighted by molar-refractivity contribution is 7.99. The van der Waals surface area contributed by atoms with Crippen LogP contribution in [-0.4, -0.2) is 15.3 Å². The SMILES string of the molecule is CC(C)CCn1c(SCCCCC#N)nc2sc3c(c2c1=O)CCCC3. The van der Waals surface area contributed by atoms with Crippen LogP contribution >= 0.6 is 23.1 Å². The highest BCUT2D eigenvalue weighted by Gasteiger charge is 2.22. The van der Waals surface area contributed by atoms with E-state index in [1.807, 2.05) is 4.57 Å². The molecule has 0 bridgehead atoms. The Morgan fingerprint density at radius 3 is 2.88 bits per heavy atom. The van der Waals surface area contributed by atoms with Crippen LogP contribution in [-0.2, 0) is 19.4 Å². The van der Waals surface area contributed by atoms with Crippen molar-refractivity contribution in [2.45, 2.75) is 76.9 Å². The summed E-state index contributed by atoms with van der Waals surface area (Å²) < 4.78 is 1.92. The molecule has 0 spiro atoms. The summed E-state index contributed by atoms with van der Waals surface area (Å²) in [6.07, 6.45) is 8.01. The van der Waals surface area contributed by atoms with Crippen molar-refractivity contribution < 1.29 is 0 Å². The monoisotopic (exact) mass is 389 g/mol. The van der Waals surface area contributed by atoms with Crippen molar-refractivity contribution >= 4 is 33.3 Å². The van der Waals surface area contributed by atoms with Crippen molar-refractivity contribution in [2.75, 3.05) is 5.75 Å². The smallest absolute Gasteiger partial charge is 0.263 e. The zero-order chi connectivity index (χ0) is 18.5. The second-order valence-corrected chi connectivity index (χ2v) is 9.53. The van der Waals surface area contributed by atoms with Crippen LogP contribution in [0.1, 0.15) is 62.8 Å². The van der Waals surface area contributed by atoms with Gasteiger partial charge in [-0.2, -0.15) is 5.26 Å². The minimum atomic E-state index is 0.162. The molecule has 2 aromatic rings. The van der Waals surface area contributed by atoms with Crippen molar-refractivity contribution in [1.29, 1.82) is 5.26 Å². The van der Waals surface area contributed by atoms with Gasteiger partial charge in [-0.15, -0.1) is 11.3 Å². The van der Waals surface area contributed by atoms with Gasteiger partial charge >= 0.3 is 0 Å². The number of hydrogen-bond donors (Lipinski definition) is 0. The lowest BCUT2D eigenvalue weighted by atomic mass is 9.97. The summed E-state index contributed by atoms with van der Waals surface area (Å²) >= 11 is 3.40. The van der Waals surface area contributed by atoms with E-state index < -0.39 is 0 Å². The van der Waals surface area contributed by atoms with Gasteiger partial charge in [0.1, 0.15) is 4.83 Å². The predicted octanol–water partition coefficient (Wildman–Crippen LogP) is 5.17. The van der Waals surface area contributed by atoms with Gasteiger partial charge in [0.15, 0.2) is 5.16 Å². The number of aromatic nitrogens is 2. The summed E-state index contributed by atoms with van der Waals surface area (Å²) in [6.45, 7) is 5.13. The van der Waals surface area contributed by atoms with Gasteiger partial charge in [0.25, 0.3) is 5.56 Å². The van der Waals surface area contributed by atoms with Gasteiger partial charge in [-0.25, -0.2) is 4.98 Å². The molecule has 1 aliphatic carbocycles. The van der Waals surface area contributed by atoms with Gasteiger partial charge in [0.2, 0.25) is 0 Å². The molecular formula is C20H27N3OS2. The Morgan fingerprint density at radius 2 is 2.12 bits per heavy atom. The molecule has 6 heteroatoms. The Kier molecular flexibility index (Phi) is 6.77. The Labute approximate surface area is 163 Å². The standard InChI is InChI=1S/C20H27N3OS2/c1-14(2)10-12-23-19(24)17-15-8-4-5-9-16(15)26-18(17)22-20(23)25-13-7-3-6-11-21/h14H,3-10,12-13H2,1-2H3. The Morgan fingerprint density at radius 1 is 1.31 bits per heavy atom. The van der Waals surface area contributed by atoms with E-state index in [1.54, 1.807) is 23.1 Å². The highest BCUT2D eigenvalue weighted by Crippen LogP contribution is 2.34. The molecule has 26 heavy (non-hydrogen) atoms. The fourth-order valence-corrected chi connectivity index (χ4v) is 5.71. The van der Waals surface area contributed by atoms with E-state index in [4.69, 9.17) is 10.2 Å². The summed E-state index contributed by atoms with van der Waals surface area (Å²) in [4.78, 5) is 20.5. The number of thioether (sulfide) groups is 1. The number of nitrogens with zero attached hydrogens (tertiary/aromatic N) is 3. The first-order valence-corrected chi connectivity index (χ1v) is 11.5. The topological polar surface area (TPSA) is 58.7 Å². The van der Waals surface area contributed by atoms with Gasteiger partial charge in [-0.1, -0.05) is 25.6 Å². The molecular weight excluding hydrogens is 362 g/mol. The molecule has 2 aromatic heterocycles. The average molecular weight is 390 g/mol. The maximum atomic E-state index is 13.3. The van der Waals surface area contributed by atoms with E-state index in [-0.39, 0.29) is 5.56 Å². The van der Waals surface area contributed by atoms with Crippen LogP contribution < -0.4 is 5.56 Å². The van der Waals surface area contributed by atoms with Gasteiger partial charge < -0.3 is 0 Å². The summed E-state index contributed by atoms with van der Waals surface area (Å²) in [5.41, 5.74) is 1.44. The first kappa shape index (κ1) is 19.4. The van der Waals surface area contributed by atoms with E-state index in [1.165, 1.54) is 23.3 Å². The van der Waals surface area contributed by atoms with Crippen LogP contribution in [0.4, 0.5) is 0 Å². The van der Waals surface area contributed by atoms with E-state index >= 15 is 0 Å². The molecule has 0 aliphatic heterocycles. The van der Waals surface area contributed by atoms with Crippen molar-refractivity contribution in [3.8, 4) is 6.07 Å². The van der Waals surface area contributed by atoms with Gasteiger partial charge in [0.05, 0.1) is 11.5 Å². The molecule has 3 rings (SSSR count). The van der Waals surface area contributed by atoms with Gasteiger partial charge in [-0.3, -0.25) is 9.36 Å². The average Bonchev–Trinajstić information content (AvgIpc) is 2.99. The third-order valence-corrected chi connectivity index (χ3v) is 7.13. The number of nitriles is 1. The van der Waals surface area contributed by atoms with E-state index in [9.17, 15) is 4.79 Å². The Bertz CT molecular complexity index is 861. The minimum absolute atomic E-state index is 0.162. The second kappa shape index (κ2) is 9.05.